The number of nitrogens with one attached hydrogen (secondary N) is 19. The van der Waals surface area contributed by atoms with E-state index >= 15 is 47.9 Å². The largest absolute Gasteiger partial charge is 0.394 e. The van der Waals surface area contributed by atoms with E-state index in [1.54, 1.807) is 108 Å². The number of nitrogens with two attached hydrogens (primary N) is 8. The van der Waals surface area contributed by atoms with Gasteiger partial charge in [0.15, 0.2) is 5.96 Å². The Kier molecular flexibility index (Phi) is 53.7. The molecule has 0 spiro atoms. The highest BCUT2D eigenvalue weighted by Gasteiger charge is 2.45. The molecular formula is C98H153N27O25. The van der Waals surface area contributed by atoms with E-state index in [1.165, 1.54) is 13.8 Å². The molecule has 52 heteroatoms. The van der Waals surface area contributed by atoms with Gasteiger partial charge in [-0.05, 0) is 152 Å². The zero-order valence-corrected chi connectivity index (χ0v) is 86.5. The number of rotatable bonds is 50. The molecule has 3 aromatic rings. The summed E-state index contributed by atoms with van der Waals surface area (Å²) in [6.07, 6.45) is -2.80. The molecule has 0 unspecified atom stereocenters. The maximum atomic E-state index is 15.7. The summed E-state index contributed by atoms with van der Waals surface area (Å²) in [5, 5.41) is 73.2. The molecule has 0 saturated carbocycles. The van der Waals surface area contributed by atoms with Crippen molar-refractivity contribution in [2.45, 2.75) is 338 Å². The minimum Gasteiger partial charge on any atom is -0.394 e. The van der Waals surface area contributed by atoms with Gasteiger partial charge in [0.05, 0.1) is 25.6 Å². The van der Waals surface area contributed by atoms with E-state index in [9.17, 15) is 72.5 Å². The Balaban J connectivity index is 1.96. The third-order valence-corrected chi connectivity index (χ3v) is 24.4. The molecule has 17 atom stereocenters. The van der Waals surface area contributed by atoms with E-state index in [4.69, 9.17) is 51.3 Å². The van der Waals surface area contributed by atoms with Gasteiger partial charge in [0, 0.05) is 69.1 Å². The fourth-order valence-electron chi connectivity index (χ4n) is 16.3. The van der Waals surface area contributed by atoms with Gasteiger partial charge in [-0.1, -0.05) is 121 Å². The molecule has 37 N–H and O–H groups in total. The smallest absolute Gasteiger partial charge is 0.246 e. The van der Waals surface area contributed by atoms with E-state index < -0.39 is 320 Å². The number of aromatic nitrogens is 1. The minimum absolute atomic E-state index is 0.00685. The number of aliphatic hydroxyl groups is 2. The van der Waals surface area contributed by atoms with E-state index in [2.05, 4.69) is 95.4 Å². The molecule has 2 aromatic carbocycles. The zero-order valence-electron chi connectivity index (χ0n) is 86.5. The summed E-state index contributed by atoms with van der Waals surface area (Å²) < 4.78 is 0. The van der Waals surface area contributed by atoms with Crippen molar-refractivity contribution < 1.29 is 120 Å². The van der Waals surface area contributed by atoms with Gasteiger partial charge in [0.25, 0.3) is 0 Å². The van der Waals surface area contributed by atoms with Crippen LogP contribution in [0.2, 0.25) is 0 Å². The number of guanidine groups is 1. The molecular weight excluding hydrogens is 1960 g/mol. The van der Waals surface area contributed by atoms with Gasteiger partial charge < -0.3 is 151 Å². The van der Waals surface area contributed by atoms with Crippen LogP contribution in [0.1, 0.15) is 234 Å². The number of carbonyl (C=O) groups is 23. The first kappa shape index (κ1) is 127. The van der Waals surface area contributed by atoms with Crippen LogP contribution in [0.4, 0.5) is 0 Å². The summed E-state index contributed by atoms with van der Waals surface area (Å²) in [6.45, 7) is 13.8. The van der Waals surface area contributed by atoms with Crippen molar-refractivity contribution in [2.75, 3.05) is 13.2 Å². The number of allylic oxidation sites excluding steroid dienone is 2. The number of amides is 23. The predicted octanol–water partition coefficient (Wildman–Crippen LogP) is -6.34. The van der Waals surface area contributed by atoms with Gasteiger partial charge in [0.1, 0.15) is 95.7 Å². The number of aliphatic hydroxyl groups excluding tert-OH is 2. The van der Waals surface area contributed by atoms with Crippen molar-refractivity contribution in [3.05, 3.63) is 84.1 Å². The van der Waals surface area contributed by atoms with Crippen LogP contribution in [-0.2, 0) is 123 Å². The molecule has 150 heavy (non-hydrogen) atoms. The second-order valence-electron chi connectivity index (χ2n) is 39.2. The molecule has 52 nitrogen and oxygen atoms in total. The molecule has 1 aliphatic heterocycles. The third-order valence-electron chi connectivity index (χ3n) is 24.4. The Morgan fingerprint density at radius 1 is 0.447 bits per heavy atom. The van der Waals surface area contributed by atoms with Crippen LogP contribution in [0.3, 0.4) is 0 Å². The number of hydrogen-bond donors (Lipinski definition) is 29. The number of benzene rings is 2. The van der Waals surface area contributed by atoms with Crippen molar-refractivity contribution in [3.63, 3.8) is 0 Å². The maximum absolute atomic E-state index is 15.7. The van der Waals surface area contributed by atoms with Crippen LogP contribution in [0.25, 0.3) is 10.9 Å². The van der Waals surface area contributed by atoms with E-state index in [0.717, 1.165) is 13.8 Å². The van der Waals surface area contributed by atoms with Gasteiger partial charge in [0.2, 0.25) is 136 Å². The summed E-state index contributed by atoms with van der Waals surface area (Å²) in [7, 11) is 0. The van der Waals surface area contributed by atoms with Crippen molar-refractivity contribution in [2.24, 2.45) is 63.6 Å². The molecule has 4 rings (SSSR count). The zero-order chi connectivity index (χ0) is 113. The Morgan fingerprint density at radius 3 is 1.37 bits per heavy atom. The van der Waals surface area contributed by atoms with E-state index in [-0.39, 0.29) is 95.4 Å². The number of primary amides is 7. The summed E-state index contributed by atoms with van der Waals surface area (Å²) in [4.78, 5) is 325. The van der Waals surface area contributed by atoms with E-state index in [1.807, 2.05) is 6.08 Å². The lowest BCUT2D eigenvalue weighted by molar-refractivity contribution is -0.139. The Hall–Kier alpha value is -15.3. The lowest BCUT2D eigenvalue weighted by Crippen LogP contribution is -2.65. The first-order chi connectivity index (χ1) is 70.4. The molecule has 0 radical (unpaired) electrons. The van der Waals surface area contributed by atoms with Gasteiger partial charge in [-0.3, -0.25) is 116 Å². The number of H-pyrrole nitrogens is 1. The monoisotopic (exact) mass is 2110 g/mol. The predicted molar refractivity (Wildman–Crippen MR) is 545 cm³/mol. The number of para-hydroxylation sites is 1. The number of hydrogen-bond acceptors (Lipinski definition) is 26. The van der Waals surface area contributed by atoms with Gasteiger partial charge in [-0.15, -0.1) is 0 Å². The van der Waals surface area contributed by atoms with Crippen molar-refractivity contribution >= 4 is 153 Å². The lowest BCUT2D eigenvalue weighted by atomic mass is 9.91. The maximum Gasteiger partial charge on any atom is 0.246 e. The summed E-state index contributed by atoms with van der Waals surface area (Å²) in [5.41, 5.74) is 41.3. The van der Waals surface area contributed by atoms with Crippen LogP contribution < -0.4 is 136 Å². The van der Waals surface area contributed by atoms with Crippen molar-refractivity contribution in [1.29, 1.82) is 5.41 Å². The molecule has 0 bridgehead atoms. The van der Waals surface area contributed by atoms with Crippen LogP contribution >= 0.6 is 0 Å². The molecule has 2 heterocycles. The fourth-order valence-corrected chi connectivity index (χ4v) is 16.3. The van der Waals surface area contributed by atoms with Crippen LogP contribution in [0.5, 0.6) is 0 Å². The van der Waals surface area contributed by atoms with Gasteiger partial charge in [-0.2, -0.15) is 0 Å². The topological polar surface area (TPSA) is 885 Å². The highest BCUT2D eigenvalue weighted by Crippen LogP contribution is 2.25. The Morgan fingerprint density at radius 2 is 0.880 bits per heavy atom. The van der Waals surface area contributed by atoms with Crippen LogP contribution in [0.15, 0.2) is 72.9 Å². The van der Waals surface area contributed by atoms with Crippen molar-refractivity contribution in [3.8, 4) is 0 Å². The molecule has 0 fully saturated rings. The average Bonchev–Trinajstić information content (AvgIpc) is 1.48. The van der Waals surface area contributed by atoms with Gasteiger partial charge in [-0.25, -0.2) is 0 Å². The second kappa shape index (κ2) is 63.4. The van der Waals surface area contributed by atoms with Gasteiger partial charge >= 0.3 is 0 Å². The van der Waals surface area contributed by atoms with Crippen molar-refractivity contribution in [1.82, 2.24) is 95.4 Å². The minimum atomic E-state index is -2.21. The molecule has 23 amide bonds. The highest BCUT2D eigenvalue weighted by molar-refractivity contribution is 6.04. The lowest BCUT2D eigenvalue weighted by Gasteiger charge is -2.34. The van der Waals surface area contributed by atoms with Crippen LogP contribution in [-0.4, -0.2) is 272 Å². The molecule has 1 aliphatic rings. The number of aromatic amines is 1. The van der Waals surface area contributed by atoms with Crippen LogP contribution in [0, 0.1) is 23.2 Å². The first-order valence-corrected chi connectivity index (χ1v) is 49.9. The Labute approximate surface area is 868 Å². The summed E-state index contributed by atoms with van der Waals surface area (Å²) in [5.74, 6) is -26.4. The quantitative estimate of drug-likeness (QED) is 0.0108. The highest BCUT2D eigenvalue weighted by atomic mass is 16.3. The molecule has 830 valence electrons. The third kappa shape index (κ3) is 46.0. The number of carbonyl (C=O) groups excluding carboxylic acids is 23. The first-order valence-electron chi connectivity index (χ1n) is 49.9. The van der Waals surface area contributed by atoms with E-state index in [0.29, 0.717) is 47.7 Å². The number of fused-ring (bicyclic) bond motifs is 1. The fraction of sp³-hybridized carbons (Fsp3) is 0.592. The Bertz CT molecular complexity index is 5250. The molecule has 1 aromatic heterocycles. The summed E-state index contributed by atoms with van der Waals surface area (Å²) in [6, 6.07) is -9.53. The molecule has 0 aliphatic carbocycles. The SMILES string of the molecule is CC(=O)N[C@@H](CCC(N)=O)C(=O)N[C@@H](CO)C(=O)N[C@@H](CCC(N)=O)C(=O)N[C@@H](CCC(N)=O)C(=O)N[C@H](C(=O)N[C@@H](Cc1ccccc1)C(=O)N[C@]1(C)CCCCCC/C=C/CCC[C@](C)(C(=O)N[C@@H](CCC(N)=O)C(=O)N[C@@H](CC(N)=O)C(N)=O)NC(=O)[C@H](CC(C)C)NC(=O)[C@H](CC(C)C)NC(=O)[C@H](CCCNC(=N)N)NC(=O)[C@H](Cc2c[nH]c3ccccc23)NC(=O)[C@H](CC(C)C)NC(=O)[C@H](CC(N)=O)NC1=O)[C@@H](C)O. The average molecular weight is 2110 g/mol. The standard InChI is InChI=1S/C98H153N27O25/c1-51(2)42-66-86(141)117-68(44-53(5)6)91(146)124-97(9,94(149)121-64(34-38-76(102)132)84(139)114-65(80(105)135)47-77(103)133)39-23-16-14-12-11-13-15-17-24-40-98(10,95(150)122-71(48-78(104)134)89(144)116-67(43-52(3)4)87(142)118-70(46-57-49-109-59-29-22-21-28-58(57)59)88(143)111-60(81(136)115-66)30-25-41-108-96(106)107)125-92(147)69(45-56-26-19-18-20-27-56)119-93(148)79(54(7)127)123-85(140)63(33-37-75(101)131)112-83(138)62(32-36-74(100)130)113-90(145)72(50-126)120-82(137)61(110-55(8)128)31-35-73(99)129/h12,14,18-22,26-29,49,51-54,60-72,79,109,126-127H,11,13,15-17,23-25,30-48,50H2,1-10H3,(H2,99,129)(H2,100,130)(H2,101,131)(H2,102,132)(H2,103,133)(H2,104,134)(H2,105,135)(H,110,128)(H,111,143)(H,112,138)(H,113,145)(H,114,139)(H,115,136)(H,116,144)(H,117,141)(H,118,142)(H,119,148)(H,120,137)(H,121,149)(H,122,150)(H,123,140)(H,124,146)(H,125,147)(H4,106,107,108)/b14-12+/t54-,60+,61+,62+,63+,64+,65+,66+,67+,68+,69+,70+,71+,72+,79+,97-,98-/m1/s1. The molecule has 0 saturated heterocycles. The normalized spacial score (nSPS) is 20.8. The summed E-state index contributed by atoms with van der Waals surface area (Å²) >= 11 is 0. The second-order valence-corrected chi connectivity index (χ2v) is 39.2.